The standard InChI is InChI=1S/C37H50N2O12S3.2Na/c1-6-38(19-9-21-52(42,43)44)26-14-16-29-30(36(2,3)4)24-27(51-33(29)23-26)11-7-12-34-37(5,18-8-13-35(40)41)31-25-28(54(48,49)50)15-17-32(31)39(34)20-10-22-53(45,46)47;;/h7,11-12,14-17,23,25,30H,6,8-10,13,18-22,24H2,1-5H3,(H3-,40,41,42,43,44,45,46,47,48,49,50);;/q;2*+1/p-2. The molecule has 2 aromatic rings. The summed E-state index contributed by atoms with van der Waals surface area (Å²) >= 11 is 0. The van der Waals surface area contributed by atoms with Gasteiger partial charge in [0.25, 0.3) is 0 Å². The molecule has 2 aliphatic rings. The van der Waals surface area contributed by atoms with E-state index >= 15 is 0 Å². The molecule has 56 heavy (non-hydrogen) atoms. The average molecular weight is 855 g/mol. The van der Waals surface area contributed by atoms with Crippen molar-refractivity contribution in [2.45, 2.75) is 89.4 Å². The van der Waals surface area contributed by atoms with Gasteiger partial charge < -0.3 is 28.4 Å². The maximum atomic E-state index is 12.1. The van der Waals surface area contributed by atoms with Crippen LogP contribution in [0, 0.1) is 5.41 Å². The summed E-state index contributed by atoms with van der Waals surface area (Å²) in [6.45, 7) is 11.1. The molecule has 0 saturated carbocycles. The number of ether oxygens (including phenoxy) is 1. The van der Waals surface area contributed by atoms with E-state index in [9.17, 15) is 48.8 Å². The molecular formula is C37H48N2Na2O12S3. The first-order valence-corrected chi connectivity index (χ1v) is 22.3. The Hall–Kier alpha value is -1.61. The Kier molecular flexibility index (Phi) is 18.1. The molecule has 0 aliphatic carbocycles. The van der Waals surface area contributed by atoms with Crippen molar-refractivity contribution in [3.63, 3.8) is 0 Å². The van der Waals surface area contributed by atoms with E-state index in [4.69, 9.17) is 4.74 Å². The van der Waals surface area contributed by atoms with Gasteiger partial charge in [-0.3, -0.25) is 4.79 Å². The summed E-state index contributed by atoms with van der Waals surface area (Å²) in [5.41, 5.74) is 2.17. The van der Waals surface area contributed by atoms with Crippen molar-refractivity contribution in [2.24, 2.45) is 5.41 Å². The van der Waals surface area contributed by atoms with Crippen molar-refractivity contribution in [1.82, 2.24) is 0 Å². The van der Waals surface area contributed by atoms with Crippen LogP contribution in [-0.4, -0.2) is 91.4 Å². The number of nitrogens with zero attached hydrogens (tertiary/aromatic N) is 2. The Morgan fingerprint density at radius 1 is 0.982 bits per heavy atom. The Morgan fingerprint density at radius 3 is 2.20 bits per heavy atom. The van der Waals surface area contributed by atoms with Gasteiger partial charge in [0.2, 0.25) is 5.69 Å². The van der Waals surface area contributed by atoms with Gasteiger partial charge >= 0.3 is 65.1 Å². The van der Waals surface area contributed by atoms with Crippen LogP contribution in [0.3, 0.4) is 0 Å². The van der Waals surface area contributed by atoms with E-state index < -0.39 is 58.1 Å². The normalized spacial score (nSPS) is 19.2. The quantitative estimate of drug-likeness (QED) is 0.114. The number of fused-ring (bicyclic) bond motifs is 2. The van der Waals surface area contributed by atoms with Crippen molar-refractivity contribution in [3.8, 4) is 5.75 Å². The molecule has 0 radical (unpaired) electrons. The zero-order valence-electron chi connectivity index (χ0n) is 33.1. The molecule has 2 atom stereocenters. The number of hydrogen-bond donors (Lipinski definition) is 1. The number of carboxylic acid groups (broad SMARTS) is 1. The van der Waals surface area contributed by atoms with E-state index in [0.717, 1.165) is 11.3 Å². The molecule has 0 aromatic heterocycles. The first-order valence-electron chi connectivity index (χ1n) is 17.7. The third-order valence-electron chi connectivity index (χ3n) is 10.0. The van der Waals surface area contributed by atoms with Gasteiger partial charge in [-0.1, -0.05) is 32.9 Å². The monoisotopic (exact) mass is 854 g/mol. The van der Waals surface area contributed by atoms with Gasteiger partial charge in [-0.05, 0) is 74.3 Å². The van der Waals surface area contributed by atoms with Gasteiger partial charge in [0.05, 0.1) is 30.5 Å². The summed E-state index contributed by atoms with van der Waals surface area (Å²) in [6, 6.07) is 9.78. The molecule has 4 rings (SSSR count). The third-order valence-corrected chi connectivity index (χ3v) is 12.4. The maximum absolute atomic E-state index is 12.1. The van der Waals surface area contributed by atoms with E-state index in [1.807, 2.05) is 36.9 Å². The van der Waals surface area contributed by atoms with E-state index in [2.05, 4.69) is 20.8 Å². The minimum Gasteiger partial charge on any atom is -0.748 e. The molecule has 2 aliphatic heterocycles. The van der Waals surface area contributed by atoms with Crippen LogP contribution in [0.5, 0.6) is 5.75 Å². The largest absolute Gasteiger partial charge is 1.00 e. The predicted molar refractivity (Wildman–Crippen MR) is 200 cm³/mol. The summed E-state index contributed by atoms with van der Waals surface area (Å²) in [5.74, 6) is -0.830. The first kappa shape index (κ1) is 50.5. The van der Waals surface area contributed by atoms with Gasteiger partial charge in [0.1, 0.15) is 28.2 Å². The number of anilines is 1. The Labute approximate surface area is 375 Å². The van der Waals surface area contributed by atoms with Crippen LogP contribution in [-0.2, 0) is 40.6 Å². The molecule has 0 amide bonds. The van der Waals surface area contributed by atoms with Gasteiger partial charge in [-0.15, -0.1) is 0 Å². The summed E-state index contributed by atoms with van der Waals surface area (Å²) in [4.78, 5) is 13.0. The van der Waals surface area contributed by atoms with E-state index in [0.29, 0.717) is 48.0 Å². The van der Waals surface area contributed by atoms with Crippen LogP contribution < -0.4 is 68.8 Å². The topological polar surface area (TPSA) is 224 Å². The van der Waals surface area contributed by atoms with Crippen molar-refractivity contribution in [3.05, 3.63) is 71.5 Å². The number of carboxylic acids is 1. The smallest absolute Gasteiger partial charge is 0.748 e. The second-order valence-electron chi connectivity index (χ2n) is 15.0. The minimum absolute atomic E-state index is 0. The van der Waals surface area contributed by atoms with E-state index in [-0.39, 0.29) is 109 Å². The molecular weight excluding hydrogens is 807 g/mol. The average Bonchev–Trinajstić information content (AvgIpc) is 3.26. The maximum Gasteiger partial charge on any atom is 1.00 e. The fraction of sp³-hybridized carbons (Fsp3) is 0.514. The molecule has 298 valence electrons. The number of rotatable bonds is 17. The number of allylic oxidation sites excluding steroid dienone is 4. The van der Waals surface area contributed by atoms with Crippen molar-refractivity contribution < 1.29 is 117 Å². The second-order valence-corrected chi connectivity index (χ2v) is 19.4. The van der Waals surface area contributed by atoms with Crippen molar-refractivity contribution in [1.29, 1.82) is 0 Å². The van der Waals surface area contributed by atoms with Gasteiger partial charge in [0.15, 0.2) is 5.71 Å². The van der Waals surface area contributed by atoms with Gasteiger partial charge in [-0.2, -0.15) is 4.58 Å². The van der Waals surface area contributed by atoms with Crippen LogP contribution in [0.15, 0.2) is 65.3 Å². The van der Waals surface area contributed by atoms with Crippen LogP contribution >= 0.6 is 0 Å². The van der Waals surface area contributed by atoms with Gasteiger partial charge in [-0.25, -0.2) is 25.3 Å². The molecule has 0 saturated heterocycles. The van der Waals surface area contributed by atoms with Crippen molar-refractivity contribution in [2.75, 3.05) is 36.0 Å². The summed E-state index contributed by atoms with van der Waals surface area (Å²) < 4.78 is 112. The fourth-order valence-corrected chi connectivity index (χ4v) is 8.76. The molecule has 0 spiro atoms. The molecule has 19 heteroatoms. The second kappa shape index (κ2) is 20.1. The molecule has 2 aromatic carbocycles. The van der Waals surface area contributed by atoms with Crippen LogP contribution in [0.2, 0.25) is 0 Å². The third kappa shape index (κ3) is 13.5. The van der Waals surface area contributed by atoms with Crippen LogP contribution in [0.1, 0.15) is 90.2 Å². The predicted octanol–water partition coefficient (Wildman–Crippen LogP) is -1.04. The molecule has 0 fully saturated rings. The number of carbonyl (C=O) groups is 1. The molecule has 0 bridgehead atoms. The van der Waals surface area contributed by atoms with Crippen LogP contribution in [0.4, 0.5) is 11.4 Å². The number of benzene rings is 2. The minimum atomic E-state index is -4.85. The van der Waals surface area contributed by atoms with Crippen molar-refractivity contribution >= 4 is 53.4 Å². The zero-order chi connectivity index (χ0) is 40.3. The SMILES string of the molecule is CCN(CCCS(=O)(=O)[O-])c1ccc2c(c1)OC(=CC=CC1=[N+](CCCS(=O)(=O)[O-])c3ccc(S(=O)(=O)[O-])cc3C1(C)CCCC(=O)O)CC2C(C)(C)C.[Na+].[Na+]. The number of hydrogen-bond acceptors (Lipinski definition) is 12. The summed E-state index contributed by atoms with van der Waals surface area (Å²) in [7, 11) is -13.7. The fourth-order valence-electron chi connectivity index (χ4n) is 7.30. The molecule has 2 unspecified atom stereocenters. The Morgan fingerprint density at radius 2 is 1.62 bits per heavy atom. The van der Waals surface area contributed by atoms with Crippen LogP contribution in [0.25, 0.3) is 0 Å². The Balaban J connectivity index is 0.00000541. The van der Waals surface area contributed by atoms with Gasteiger partial charge in [0, 0.05) is 73.3 Å². The molecule has 1 N–H and O–H groups in total. The summed E-state index contributed by atoms with van der Waals surface area (Å²) in [6.07, 6.45) is 6.27. The Bertz CT molecular complexity index is 2180. The zero-order valence-corrected chi connectivity index (χ0v) is 39.6. The first-order chi connectivity index (χ1) is 24.9. The summed E-state index contributed by atoms with van der Waals surface area (Å²) in [5, 5.41) is 9.39. The van der Waals surface area contributed by atoms with E-state index in [1.165, 1.54) is 18.2 Å². The molecule has 2 heterocycles. The number of aliphatic carboxylic acids is 1. The molecule has 14 nitrogen and oxygen atoms in total. The van der Waals surface area contributed by atoms with E-state index in [1.54, 1.807) is 22.8 Å².